The van der Waals surface area contributed by atoms with Gasteiger partial charge in [-0.25, -0.2) is 4.39 Å². The zero-order valence-electron chi connectivity index (χ0n) is 21.7. The van der Waals surface area contributed by atoms with Gasteiger partial charge in [0.25, 0.3) is 0 Å². The lowest BCUT2D eigenvalue weighted by Crippen LogP contribution is -2.61. The molecule has 0 aromatic heterocycles. The molecular formula is C29H47FO3. The Hall–Kier alpha value is -0.640. The third-order valence-corrected chi connectivity index (χ3v) is 11.5. The Kier molecular flexibility index (Phi) is 6.19. The molecule has 1 saturated heterocycles. The highest BCUT2D eigenvalue weighted by Crippen LogP contribution is 2.74. The van der Waals surface area contributed by atoms with Crippen molar-refractivity contribution in [2.45, 2.75) is 123 Å². The van der Waals surface area contributed by atoms with Crippen molar-refractivity contribution in [3.8, 4) is 0 Å². The Bertz CT molecular complexity index is 753. The first kappa shape index (κ1) is 24.1. The molecule has 0 aromatic rings. The minimum Gasteiger partial charge on any atom is -0.465 e. The van der Waals surface area contributed by atoms with Crippen LogP contribution in [0.4, 0.5) is 4.39 Å². The molecule has 4 saturated carbocycles. The quantitative estimate of drug-likeness (QED) is 0.299. The third-order valence-electron chi connectivity index (χ3n) is 11.5. The van der Waals surface area contributed by atoms with Gasteiger partial charge in [-0.05, 0) is 85.9 Å². The maximum atomic E-state index is 14.6. The molecule has 5 rings (SSSR count). The van der Waals surface area contributed by atoms with E-state index in [1.807, 2.05) is 0 Å². The fourth-order valence-electron chi connectivity index (χ4n) is 9.94. The summed E-state index contributed by atoms with van der Waals surface area (Å²) in [5.74, 6) is 4.11. The molecule has 4 aliphatic carbocycles. The van der Waals surface area contributed by atoms with Crippen LogP contribution in [0.25, 0.3) is 0 Å². The SMILES string of the molecule is CC(=O)OC[C@]12CC[C@H](F)C[C@@]13O[C@H]3C[C@H]1[C@@H]3CC[C@H]([C@H](C)CCCC(C)C)[C@@]3(C)CC[C@@H]12. The molecule has 0 unspecified atom stereocenters. The van der Waals surface area contributed by atoms with E-state index in [1.54, 1.807) is 0 Å². The van der Waals surface area contributed by atoms with Crippen LogP contribution >= 0.6 is 0 Å². The highest BCUT2D eigenvalue weighted by atomic mass is 19.1. The van der Waals surface area contributed by atoms with E-state index in [2.05, 4.69) is 27.7 Å². The topological polar surface area (TPSA) is 38.8 Å². The fraction of sp³-hybridized carbons (Fsp3) is 0.966. The Morgan fingerprint density at radius 2 is 1.88 bits per heavy atom. The molecule has 0 radical (unpaired) electrons. The van der Waals surface area contributed by atoms with Gasteiger partial charge < -0.3 is 9.47 Å². The van der Waals surface area contributed by atoms with E-state index in [9.17, 15) is 9.18 Å². The Labute approximate surface area is 200 Å². The molecular weight excluding hydrogens is 415 g/mol. The average molecular weight is 463 g/mol. The lowest BCUT2D eigenvalue weighted by molar-refractivity contribution is -0.167. The van der Waals surface area contributed by atoms with Gasteiger partial charge in [-0.15, -0.1) is 0 Å². The van der Waals surface area contributed by atoms with Crippen molar-refractivity contribution in [2.24, 2.45) is 46.3 Å². The third kappa shape index (κ3) is 3.71. The second-order valence-electron chi connectivity index (χ2n) is 13.4. The van der Waals surface area contributed by atoms with Gasteiger partial charge in [0, 0.05) is 18.8 Å². The first-order chi connectivity index (χ1) is 15.6. The number of esters is 1. The number of ether oxygens (including phenoxy) is 2. The van der Waals surface area contributed by atoms with E-state index >= 15 is 0 Å². The summed E-state index contributed by atoms with van der Waals surface area (Å²) in [6.07, 6.45) is 11.7. The summed E-state index contributed by atoms with van der Waals surface area (Å²) in [5, 5.41) is 0. The van der Waals surface area contributed by atoms with Crippen LogP contribution in [0.3, 0.4) is 0 Å². The standard InChI is InChI=1S/C29H47FO3/c1-18(2)7-6-8-19(3)23-9-10-24-22-15-26-29(33-26)16-21(30)11-14-28(29,17-32-20(4)31)25(22)12-13-27(23,24)5/h18-19,21-26H,6-17H2,1-5H3/t19-,21+,22+,23-,24+,25+,26+,27-,28+,29+/m1/s1. The Balaban J connectivity index is 1.37. The molecule has 0 N–H and O–H groups in total. The van der Waals surface area contributed by atoms with Crippen LogP contribution in [0.2, 0.25) is 0 Å². The van der Waals surface area contributed by atoms with Crippen molar-refractivity contribution >= 4 is 5.97 Å². The summed E-state index contributed by atoms with van der Waals surface area (Å²) in [4.78, 5) is 11.8. The first-order valence-electron chi connectivity index (χ1n) is 14.1. The number of alkyl halides is 1. The van der Waals surface area contributed by atoms with Crippen LogP contribution in [0, 0.1) is 46.3 Å². The minimum absolute atomic E-state index is 0.170. The summed E-state index contributed by atoms with van der Waals surface area (Å²) in [6, 6.07) is 0. The van der Waals surface area contributed by atoms with E-state index in [-0.39, 0.29) is 23.1 Å². The molecule has 3 nitrogen and oxygen atoms in total. The molecule has 1 spiro atoms. The number of halogens is 1. The van der Waals surface area contributed by atoms with Crippen LogP contribution in [-0.2, 0) is 14.3 Å². The van der Waals surface area contributed by atoms with Gasteiger partial charge in [-0.1, -0.05) is 47.0 Å². The lowest BCUT2D eigenvalue weighted by Gasteiger charge is -2.60. The molecule has 4 heteroatoms. The zero-order chi connectivity index (χ0) is 23.6. The predicted octanol–water partition coefficient (Wildman–Crippen LogP) is 7.12. The van der Waals surface area contributed by atoms with Crippen molar-refractivity contribution in [1.82, 2.24) is 0 Å². The van der Waals surface area contributed by atoms with Gasteiger partial charge in [0.05, 0.1) is 6.10 Å². The largest absolute Gasteiger partial charge is 0.465 e. The second-order valence-corrected chi connectivity index (χ2v) is 13.4. The van der Waals surface area contributed by atoms with Gasteiger partial charge in [0.1, 0.15) is 18.4 Å². The maximum Gasteiger partial charge on any atom is 0.302 e. The number of carbonyl (C=O) groups is 1. The minimum atomic E-state index is -0.770. The maximum absolute atomic E-state index is 14.6. The number of carbonyl (C=O) groups excluding carboxylic acids is 1. The lowest BCUT2D eigenvalue weighted by atomic mass is 9.44. The zero-order valence-corrected chi connectivity index (χ0v) is 21.7. The van der Waals surface area contributed by atoms with E-state index in [0.29, 0.717) is 36.7 Å². The van der Waals surface area contributed by atoms with Crippen LogP contribution in [-0.4, -0.2) is 30.5 Å². The molecule has 188 valence electrons. The first-order valence-corrected chi connectivity index (χ1v) is 14.1. The fourth-order valence-corrected chi connectivity index (χ4v) is 9.94. The van der Waals surface area contributed by atoms with Crippen LogP contribution < -0.4 is 0 Å². The number of hydrogen-bond donors (Lipinski definition) is 0. The normalized spacial score (nSPS) is 48.9. The van der Waals surface area contributed by atoms with Gasteiger partial charge in [0.15, 0.2) is 0 Å². The van der Waals surface area contributed by atoms with Gasteiger partial charge in [0.2, 0.25) is 0 Å². The Morgan fingerprint density at radius 1 is 1.09 bits per heavy atom. The highest BCUT2D eigenvalue weighted by molar-refractivity contribution is 5.66. The van der Waals surface area contributed by atoms with Crippen LogP contribution in [0.15, 0.2) is 0 Å². The molecule has 5 aliphatic rings. The Morgan fingerprint density at radius 3 is 2.61 bits per heavy atom. The van der Waals surface area contributed by atoms with Crippen molar-refractivity contribution in [3.63, 3.8) is 0 Å². The van der Waals surface area contributed by atoms with E-state index in [0.717, 1.165) is 36.5 Å². The summed E-state index contributed by atoms with van der Waals surface area (Å²) in [6.45, 7) is 11.7. The summed E-state index contributed by atoms with van der Waals surface area (Å²) in [5.41, 5.74) is -0.110. The van der Waals surface area contributed by atoms with Crippen LogP contribution in [0.1, 0.15) is 105 Å². The second kappa shape index (κ2) is 8.49. The number of rotatable bonds is 7. The summed E-state index contributed by atoms with van der Waals surface area (Å²) < 4.78 is 26.8. The van der Waals surface area contributed by atoms with Gasteiger partial charge in [-0.3, -0.25) is 4.79 Å². The van der Waals surface area contributed by atoms with Gasteiger partial charge in [-0.2, -0.15) is 0 Å². The van der Waals surface area contributed by atoms with E-state index in [4.69, 9.17) is 9.47 Å². The highest BCUT2D eigenvalue weighted by Gasteiger charge is 2.78. The van der Waals surface area contributed by atoms with Crippen molar-refractivity contribution in [3.05, 3.63) is 0 Å². The number of fused-ring (bicyclic) bond motifs is 4. The molecule has 0 bridgehead atoms. The number of epoxide rings is 1. The molecule has 1 aliphatic heterocycles. The molecule has 0 aromatic carbocycles. The smallest absolute Gasteiger partial charge is 0.302 e. The molecule has 0 amide bonds. The van der Waals surface area contributed by atoms with Crippen molar-refractivity contribution < 1.29 is 18.7 Å². The van der Waals surface area contributed by atoms with Gasteiger partial charge >= 0.3 is 5.97 Å². The molecule has 33 heavy (non-hydrogen) atoms. The molecule has 1 heterocycles. The predicted molar refractivity (Wildman–Crippen MR) is 128 cm³/mol. The summed E-state index contributed by atoms with van der Waals surface area (Å²) >= 11 is 0. The monoisotopic (exact) mass is 462 g/mol. The van der Waals surface area contributed by atoms with Crippen molar-refractivity contribution in [2.75, 3.05) is 6.61 Å². The van der Waals surface area contributed by atoms with E-state index < -0.39 is 6.17 Å². The van der Waals surface area contributed by atoms with Crippen LogP contribution in [0.5, 0.6) is 0 Å². The number of hydrogen-bond acceptors (Lipinski definition) is 3. The average Bonchev–Trinajstić information content (AvgIpc) is 3.31. The van der Waals surface area contributed by atoms with E-state index in [1.165, 1.54) is 51.9 Å². The summed E-state index contributed by atoms with van der Waals surface area (Å²) in [7, 11) is 0. The molecule has 5 fully saturated rings. The van der Waals surface area contributed by atoms with Crippen molar-refractivity contribution in [1.29, 1.82) is 0 Å². The molecule has 10 atom stereocenters.